The van der Waals surface area contributed by atoms with Crippen LogP contribution in [0.3, 0.4) is 0 Å². The molecule has 0 saturated carbocycles. The molecule has 2 amide bonds. The lowest BCUT2D eigenvalue weighted by Gasteiger charge is -2.17. The number of pyridine rings is 1. The van der Waals surface area contributed by atoms with Gasteiger partial charge in [-0.3, -0.25) is 9.59 Å². The maximum absolute atomic E-state index is 12.7. The number of amides is 2. The second-order valence-electron chi connectivity index (χ2n) is 5.33. The smallest absolute Gasteiger partial charge is 0.338 e. The molecule has 1 atom stereocenters. The minimum Gasteiger partial charge on any atom is -0.478 e. The lowest BCUT2D eigenvalue weighted by atomic mass is 10.2. The van der Waals surface area contributed by atoms with E-state index in [0.717, 1.165) is 17.3 Å². The van der Waals surface area contributed by atoms with Crippen LogP contribution >= 0.6 is 11.8 Å². The van der Waals surface area contributed by atoms with Gasteiger partial charge in [0.25, 0.3) is 0 Å². The maximum Gasteiger partial charge on any atom is 0.338 e. The first-order chi connectivity index (χ1) is 11.5. The zero-order valence-corrected chi connectivity index (χ0v) is 13.6. The molecule has 0 radical (unpaired) electrons. The van der Waals surface area contributed by atoms with Crippen molar-refractivity contribution in [1.29, 1.82) is 0 Å². The Kier molecular flexibility index (Phi) is 4.35. The molecule has 1 aromatic heterocycles. The molecule has 0 bridgehead atoms. The third kappa shape index (κ3) is 2.90. The highest BCUT2D eigenvalue weighted by molar-refractivity contribution is 8.00. The van der Waals surface area contributed by atoms with Crippen molar-refractivity contribution in [3.05, 3.63) is 53.7 Å². The first-order valence-corrected chi connectivity index (χ1v) is 8.14. The summed E-state index contributed by atoms with van der Waals surface area (Å²) in [4.78, 5) is 41.4. The molecule has 2 heterocycles. The normalized spacial score (nSPS) is 17.4. The molecule has 3 rings (SSSR count). The summed E-state index contributed by atoms with van der Waals surface area (Å²) in [6, 6.07) is 10.1. The highest BCUT2D eigenvalue weighted by Gasteiger charge is 2.41. The van der Waals surface area contributed by atoms with Crippen LogP contribution in [0.5, 0.6) is 0 Å². The SMILES string of the molecule is Cc1ccccc1N1C(=O)CC(Sc2ncccc2C(=O)O)C1=O. The number of imide groups is 1. The third-order valence-corrected chi connectivity index (χ3v) is 4.92. The highest BCUT2D eigenvalue weighted by Crippen LogP contribution is 2.35. The molecule has 0 spiro atoms. The summed E-state index contributed by atoms with van der Waals surface area (Å²) in [5, 5.41) is 8.77. The summed E-state index contributed by atoms with van der Waals surface area (Å²) in [7, 11) is 0. The summed E-state index contributed by atoms with van der Waals surface area (Å²) in [6.45, 7) is 1.83. The van der Waals surface area contributed by atoms with Gasteiger partial charge >= 0.3 is 5.97 Å². The van der Waals surface area contributed by atoms with Gasteiger partial charge in [0.15, 0.2) is 0 Å². The number of aromatic nitrogens is 1. The quantitative estimate of drug-likeness (QED) is 0.859. The van der Waals surface area contributed by atoms with Crippen molar-refractivity contribution < 1.29 is 19.5 Å². The van der Waals surface area contributed by atoms with E-state index in [1.54, 1.807) is 12.1 Å². The van der Waals surface area contributed by atoms with E-state index in [0.29, 0.717) is 5.69 Å². The topological polar surface area (TPSA) is 87.6 Å². The van der Waals surface area contributed by atoms with Gasteiger partial charge in [-0.2, -0.15) is 0 Å². The minimum atomic E-state index is -1.11. The van der Waals surface area contributed by atoms with Crippen LogP contribution in [0.1, 0.15) is 22.3 Å². The van der Waals surface area contributed by atoms with Gasteiger partial charge < -0.3 is 5.11 Å². The fraction of sp³-hybridized carbons (Fsp3) is 0.176. The Balaban J connectivity index is 1.88. The molecule has 1 unspecified atom stereocenters. The van der Waals surface area contributed by atoms with Crippen molar-refractivity contribution in [2.75, 3.05) is 4.90 Å². The fourth-order valence-corrected chi connectivity index (χ4v) is 3.65. The number of benzene rings is 1. The van der Waals surface area contributed by atoms with Crippen molar-refractivity contribution in [2.24, 2.45) is 0 Å². The van der Waals surface area contributed by atoms with Crippen molar-refractivity contribution >= 4 is 35.2 Å². The molecule has 1 aliphatic heterocycles. The monoisotopic (exact) mass is 342 g/mol. The van der Waals surface area contributed by atoms with Crippen LogP contribution in [0.4, 0.5) is 5.69 Å². The molecule has 24 heavy (non-hydrogen) atoms. The van der Waals surface area contributed by atoms with Crippen LogP contribution in [-0.4, -0.2) is 33.1 Å². The number of thioether (sulfide) groups is 1. The number of hydrogen-bond acceptors (Lipinski definition) is 5. The molecular formula is C17H14N2O4S. The predicted molar refractivity (Wildman–Crippen MR) is 89.1 cm³/mol. The first kappa shape index (κ1) is 16.2. The fourth-order valence-electron chi connectivity index (χ4n) is 2.55. The third-order valence-electron chi connectivity index (χ3n) is 3.72. The number of nitrogens with zero attached hydrogens (tertiary/aromatic N) is 2. The summed E-state index contributed by atoms with van der Waals surface area (Å²) >= 11 is 1.02. The van der Waals surface area contributed by atoms with E-state index in [4.69, 9.17) is 0 Å². The van der Waals surface area contributed by atoms with E-state index in [9.17, 15) is 19.5 Å². The van der Waals surface area contributed by atoms with E-state index < -0.39 is 11.2 Å². The average molecular weight is 342 g/mol. The molecule has 1 N–H and O–H groups in total. The number of aromatic carboxylic acids is 1. The van der Waals surface area contributed by atoms with Gasteiger partial charge in [-0.15, -0.1) is 0 Å². The standard InChI is InChI=1S/C17H14N2O4S/c1-10-5-2-3-7-12(10)19-14(20)9-13(16(19)21)24-15-11(17(22)23)6-4-8-18-15/h2-8,13H,9H2,1H3,(H,22,23). The van der Waals surface area contributed by atoms with E-state index in [-0.39, 0.29) is 28.8 Å². The van der Waals surface area contributed by atoms with Gasteiger partial charge in [0, 0.05) is 12.6 Å². The molecule has 2 aromatic rings. The summed E-state index contributed by atoms with van der Waals surface area (Å²) in [5.74, 6) is -1.75. The maximum atomic E-state index is 12.7. The van der Waals surface area contributed by atoms with Crippen LogP contribution in [-0.2, 0) is 9.59 Å². The summed E-state index contributed by atoms with van der Waals surface area (Å²) < 4.78 is 0. The van der Waals surface area contributed by atoms with Crippen molar-refractivity contribution in [3.8, 4) is 0 Å². The Bertz CT molecular complexity index is 837. The molecule has 1 aromatic carbocycles. The average Bonchev–Trinajstić information content (AvgIpc) is 2.82. The zero-order valence-electron chi connectivity index (χ0n) is 12.8. The molecular weight excluding hydrogens is 328 g/mol. The van der Waals surface area contributed by atoms with Gasteiger partial charge in [-0.05, 0) is 30.7 Å². The first-order valence-electron chi connectivity index (χ1n) is 7.26. The van der Waals surface area contributed by atoms with E-state index >= 15 is 0 Å². The second-order valence-corrected chi connectivity index (χ2v) is 6.52. The lowest BCUT2D eigenvalue weighted by molar-refractivity contribution is -0.121. The number of rotatable bonds is 4. The Morgan fingerprint density at radius 2 is 2.00 bits per heavy atom. The van der Waals surface area contributed by atoms with E-state index in [1.165, 1.54) is 23.2 Å². The Labute approximate surface area is 142 Å². The number of hydrogen-bond donors (Lipinski definition) is 1. The van der Waals surface area contributed by atoms with Crippen LogP contribution in [0, 0.1) is 6.92 Å². The molecule has 1 aliphatic rings. The zero-order chi connectivity index (χ0) is 17.3. The summed E-state index contributed by atoms with van der Waals surface area (Å²) in [5.41, 5.74) is 1.42. The molecule has 1 fully saturated rings. The molecule has 6 nitrogen and oxygen atoms in total. The molecule has 1 saturated heterocycles. The predicted octanol–water partition coefficient (Wildman–Crippen LogP) is 2.51. The van der Waals surface area contributed by atoms with Crippen molar-refractivity contribution in [3.63, 3.8) is 0 Å². The van der Waals surface area contributed by atoms with Gasteiger partial charge in [-0.25, -0.2) is 14.7 Å². The second kappa shape index (κ2) is 6.45. The highest BCUT2D eigenvalue weighted by atomic mass is 32.2. The Morgan fingerprint density at radius 3 is 2.71 bits per heavy atom. The van der Waals surface area contributed by atoms with E-state index in [1.807, 2.05) is 19.1 Å². The van der Waals surface area contributed by atoms with Crippen LogP contribution in [0.25, 0.3) is 0 Å². The Hall–Kier alpha value is -2.67. The Morgan fingerprint density at radius 1 is 1.25 bits per heavy atom. The van der Waals surface area contributed by atoms with Gasteiger partial charge in [0.2, 0.25) is 11.8 Å². The molecule has 122 valence electrons. The van der Waals surface area contributed by atoms with Crippen molar-refractivity contribution in [1.82, 2.24) is 4.98 Å². The number of para-hydroxylation sites is 1. The van der Waals surface area contributed by atoms with E-state index in [2.05, 4.69) is 4.98 Å². The number of carbonyl (C=O) groups is 3. The van der Waals surface area contributed by atoms with Gasteiger partial charge in [0.1, 0.15) is 5.03 Å². The van der Waals surface area contributed by atoms with Crippen molar-refractivity contribution in [2.45, 2.75) is 23.6 Å². The van der Waals surface area contributed by atoms with Crippen LogP contribution in [0.15, 0.2) is 47.6 Å². The number of carboxylic acid groups (broad SMARTS) is 1. The number of carboxylic acids is 1. The van der Waals surface area contributed by atoms with Crippen LogP contribution < -0.4 is 4.90 Å². The molecule has 0 aliphatic carbocycles. The van der Waals surface area contributed by atoms with Crippen LogP contribution in [0.2, 0.25) is 0 Å². The van der Waals surface area contributed by atoms with Gasteiger partial charge in [-0.1, -0.05) is 30.0 Å². The number of aryl methyl sites for hydroxylation is 1. The summed E-state index contributed by atoms with van der Waals surface area (Å²) in [6.07, 6.45) is 1.49. The minimum absolute atomic E-state index is 0.0213. The number of anilines is 1. The number of carbonyl (C=O) groups excluding carboxylic acids is 2. The largest absolute Gasteiger partial charge is 0.478 e. The van der Waals surface area contributed by atoms with Gasteiger partial charge in [0.05, 0.1) is 16.5 Å². The molecule has 7 heteroatoms. The lowest BCUT2D eigenvalue weighted by Crippen LogP contribution is -2.31.